The van der Waals surface area contributed by atoms with Crippen molar-refractivity contribution in [1.82, 2.24) is 5.32 Å². The van der Waals surface area contributed by atoms with Gasteiger partial charge in [0.05, 0.1) is 6.10 Å². The van der Waals surface area contributed by atoms with Gasteiger partial charge >= 0.3 is 0 Å². The van der Waals surface area contributed by atoms with E-state index in [4.69, 9.17) is 4.74 Å². The van der Waals surface area contributed by atoms with Crippen molar-refractivity contribution < 1.29 is 4.74 Å². The first-order chi connectivity index (χ1) is 7.27. The highest BCUT2D eigenvalue weighted by Gasteiger charge is 2.17. The van der Waals surface area contributed by atoms with E-state index >= 15 is 0 Å². The normalized spacial score (nSPS) is 20.9. The van der Waals surface area contributed by atoms with Crippen LogP contribution in [0.1, 0.15) is 46.0 Å². The number of rotatable bonds is 6. The van der Waals surface area contributed by atoms with E-state index in [0.29, 0.717) is 12.1 Å². The summed E-state index contributed by atoms with van der Waals surface area (Å²) in [4.78, 5) is 0. The van der Waals surface area contributed by atoms with Gasteiger partial charge in [-0.1, -0.05) is 18.6 Å². The van der Waals surface area contributed by atoms with Crippen LogP contribution >= 0.6 is 0 Å². The molecule has 2 nitrogen and oxygen atoms in total. The Kier molecular flexibility index (Phi) is 5.96. The molecule has 0 radical (unpaired) electrons. The molecule has 2 heteroatoms. The molecule has 15 heavy (non-hydrogen) atoms. The lowest BCUT2D eigenvalue weighted by molar-refractivity contribution is 0.104. The molecule has 1 rings (SSSR count). The molecule has 0 saturated carbocycles. The molecule has 0 spiro atoms. The van der Waals surface area contributed by atoms with E-state index in [-0.39, 0.29) is 0 Å². The van der Waals surface area contributed by atoms with Gasteiger partial charge in [-0.3, -0.25) is 0 Å². The molecule has 0 fully saturated rings. The highest BCUT2D eigenvalue weighted by molar-refractivity contribution is 5.13. The van der Waals surface area contributed by atoms with Crippen LogP contribution in [0, 0.1) is 0 Å². The summed E-state index contributed by atoms with van der Waals surface area (Å²) in [5, 5.41) is 3.57. The van der Waals surface area contributed by atoms with Crippen LogP contribution in [0.15, 0.2) is 11.6 Å². The Labute approximate surface area is 94.1 Å². The third-order valence-corrected chi connectivity index (χ3v) is 3.19. The van der Waals surface area contributed by atoms with E-state index in [1.54, 1.807) is 12.7 Å². The van der Waals surface area contributed by atoms with E-state index in [1.165, 1.54) is 25.7 Å². The average Bonchev–Trinajstić information content (AvgIpc) is 2.29. The van der Waals surface area contributed by atoms with Gasteiger partial charge < -0.3 is 10.1 Å². The van der Waals surface area contributed by atoms with Gasteiger partial charge in [0.2, 0.25) is 0 Å². The van der Waals surface area contributed by atoms with Crippen molar-refractivity contribution in [2.24, 2.45) is 0 Å². The Morgan fingerprint density at radius 2 is 2.27 bits per heavy atom. The lowest BCUT2D eigenvalue weighted by atomic mass is 9.91. The number of ether oxygens (including phenoxy) is 1. The largest absolute Gasteiger partial charge is 0.382 e. The topological polar surface area (TPSA) is 21.3 Å². The van der Waals surface area contributed by atoms with Crippen LogP contribution in [0.25, 0.3) is 0 Å². The van der Waals surface area contributed by atoms with Crippen molar-refractivity contribution in [1.29, 1.82) is 0 Å². The number of methoxy groups -OCH3 is 1. The summed E-state index contributed by atoms with van der Waals surface area (Å²) < 4.78 is 5.35. The second-order valence-corrected chi connectivity index (χ2v) is 4.42. The SMILES string of the molecule is CCNC(CC(C)OC)C1=CCCCC1. The monoisotopic (exact) mass is 211 g/mol. The minimum atomic E-state index is 0.344. The van der Waals surface area contributed by atoms with Crippen LogP contribution in [0.4, 0.5) is 0 Å². The molecule has 0 aliphatic heterocycles. The fraction of sp³-hybridized carbons (Fsp3) is 0.846. The minimum absolute atomic E-state index is 0.344. The van der Waals surface area contributed by atoms with Crippen molar-refractivity contribution in [2.75, 3.05) is 13.7 Å². The molecule has 1 N–H and O–H groups in total. The van der Waals surface area contributed by atoms with Gasteiger partial charge in [-0.2, -0.15) is 0 Å². The van der Waals surface area contributed by atoms with Crippen LogP contribution in [0.5, 0.6) is 0 Å². The molecular weight excluding hydrogens is 186 g/mol. The zero-order chi connectivity index (χ0) is 11.1. The Morgan fingerprint density at radius 1 is 1.47 bits per heavy atom. The predicted molar refractivity (Wildman–Crippen MR) is 65.1 cm³/mol. The van der Waals surface area contributed by atoms with Gasteiger partial charge in [0.15, 0.2) is 0 Å². The number of hydrogen-bond acceptors (Lipinski definition) is 2. The van der Waals surface area contributed by atoms with Crippen molar-refractivity contribution in [3.8, 4) is 0 Å². The molecule has 0 heterocycles. The van der Waals surface area contributed by atoms with Crippen molar-refractivity contribution >= 4 is 0 Å². The molecule has 0 aromatic heterocycles. The van der Waals surface area contributed by atoms with Crippen LogP contribution in [-0.2, 0) is 4.74 Å². The standard InChI is InChI=1S/C13H25NO/c1-4-14-13(10-11(2)15-3)12-8-6-5-7-9-12/h8,11,13-14H,4-7,9-10H2,1-3H3. The summed E-state index contributed by atoms with van der Waals surface area (Å²) in [6.45, 7) is 5.36. The van der Waals surface area contributed by atoms with E-state index in [1.807, 2.05) is 0 Å². The highest BCUT2D eigenvalue weighted by atomic mass is 16.5. The van der Waals surface area contributed by atoms with Crippen LogP contribution in [-0.4, -0.2) is 25.8 Å². The fourth-order valence-corrected chi connectivity index (χ4v) is 2.22. The quantitative estimate of drug-likeness (QED) is 0.682. The van der Waals surface area contributed by atoms with Crippen LogP contribution < -0.4 is 5.32 Å². The Morgan fingerprint density at radius 3 is 2.80 bits per heavy atom. The first-order valence-electron chi connectivity index (χ1n) is 6.23. The van der Waals surface area contributed by atoms with Gasteiger partial charge in [-0.05, 0) is 45.6 Å². The van der Waals surface area contributed by atoms with Gasteiger partial charge in [0, 0.05) is 13.2 Å². The lowest BCUT2D eigenvalue weighted by Gasteiger charge is -2.26. The minimum Gasteiger partial charge on any atom is -0.382 e. The van der Waals surface area contributed by atoms with Crippen molar-refractivity contribution in [3.63, 3.8) is 0 Å². The maximum Gasteiger partial charge on any atom is 0.0561 e. The number of likely N-dealkylation sites (N-methyl/N-ethyl adjacent to an activating group) is 1. The lowest BCUT2D eigenvalue weighted by Crippen LogP contribution is -2.34. The summed E-state index contributed by atoms with van der Waals surface area (Å²) in [6, 6.07) is 0.533. The molecule has 1 aliphatic rings. The summed E-state index contributed by atoms with van der Waals surface area (Å²) in [7, 11) is 1.79. The zero-order valence-corrected chi connectivity index (χ0v) is 10.4. The molecule has 1 aliphatic carbocycles. The molecule has 2 atom stereocenters. The third-order valence-electron chi connectivity index (χ3n) is 3.19. The number of nitrogens with one attached hydrogen (secondary N) is 1. The molecule has 0 aromatic carbocycles. The van der Waals surface area contributed by atoms with Crippen LogP contribution in [0.3, 0.4) is 0 Å². The maximum absolute atomic E-state index is 5.35. The van der Waals surface area contributed by atoms with Crippen LogP contribution in [0.2, 0.25) is 0 Å². The predicted octanol–water partition coefficient (Wildman–Crippen LogP) is 2.89. The average molecular weight is 211 g/mol. The highest BCUT2D eigenvalue weighted by Crippen LogP contribution is 2.23. The van der Waals surface area contributed by atoms with E-state index < -0.39 is 0 Å². The molecule has 0 aromatic rings. The second-order valence-electron chi connectivity index (χ2n) is 4.42. The first-order valence-corrected chi connectivity index (χ1v) is 6.23. The van der Waals surface area contributed by atoms with Gasteiger partial charge in [-0.15, -0.1) is 0 Å². The van der Waals surface area contributed by atoms with Gasteiger partial charge in [0.1, 0.15) is 0 Å². The summed E-state index contributed by atoms with van der Waals surface area (Å²) in [5.74, 6) is 0. The molecule has 0 saturated heterocycles. The summed E-state index contributed by atoms with van der Waals surface area (Å²) >= 11 is 0. The van der Waals surface area contributed by atoms with Crippen molar-refractivity contribution in [2.45, 2.75) is 58.1 Å². The van der Waals surface area contributed by atoms with Gasteiger partial charge in [0.25, 0.3) is 0 Å². The Bertz CT molecular complexity index is 201. The number of allylic oxidation sites excluding steroid dienone is 1. The molecule has 0 bridgehead atoms. The maximum atomic E-state index is 5.35. The van der Waals surface area contributed by atoms with E-state index in [2.05, 4.69) is 25.2 Å². The molecule has 88 valence electrons. The Hall–Kier alpha value is -0.340. The second kappa shape index (κ2) is 7.02. The smallest absolute Gasteiger partial charge is 0.0561 e. The summed E-state index contributed by atoms with van der Waals surface area (Å²) in [6.07, 6.45) is 9.12. The summed E-state index contributed by atoms with van der Waals surface area (Å²) in [5.41, 5.74) is 1.60. The molecule has 2 unspecified atom stereocenters. The van der Waals surface area contributed by atoms with E-state index in [9.17, 15) is 0 Å². The number of hydrogen-bond donors (Lipinski definition) is 1. The molecular formula is C13H25NO. The zero-order valence-electron chi connectivity index (χ0n) is 10.4. The van der Waals surface area contributed by atoms with Crippen molar-refractivity contribution in [3.05, 3.63) is 11.6 Å². The Balaban J connectivity index is 2.51. The first kappa shape index (κ1) is 12.7. The van der Waals surface area contributed by atoms with Gasteiger partial charge in [-0.25, -0.2) is 0 Å². The third kappa shape index (κ3) is 4.35. The fourth-order valence-electron chi connectivity index (χ4n) is 2.22. The van der Waals surface area contributed by atoms with E-state index in [0.717, 1.165) is 13.0 Å². The molecule has 0 amide bonds.